The van der Waals surface area contributed by atoms with Crippen LogP contribution in [0.3, 0.4) is 0 Å². The van der Waals surface area contributed by atoms with E-state index in [4.69, 9.17) is 17.3 Å². The van der Waals surface area contributed by atoms with Gasteiger partial charge in [0.2, 0.25) is 0 Å². The fourth-order valence-electron chi connectivity index (χ4n) is 2.90. The monoisotopic (exact) mass is 280 g/mol. The quantitative estimate of drug-likeness (QED) is 0.837. The van der Waals surface area contributed by atoms with Gasteiger partial charge in [0.05, 0.1) is 0 Å². The van der Waals surface area contributed by atoms with Crippen molar-refractivity contribution in [1.29, 1.82) is 0 Å². The number of benzene rings is 1. The fraction of sp³-hybridized carbons (Fsp3) is 0.571. The average Bonchev–Trinajstić information content (AvgIpc) is 2.38. The molecule has 1 aliphatic heterocycles. The topological polar surface area (TPSA) is 49.5 Å². The second-order valence-corrected chi connectivity index (χ2v) is 5.94. The van der Waals surface area contributed by atoms with Gasteiger partial charge < -0.3 is 15.6 Å². The first-order valence-corrected chi connectivity index (χ1v) is 7.34. The van der Waals surface area contributed by atoms with Gasteiger partial charge >= 0.3 is 7.05 Å². The minimum Gasteiger partial charge on any atom is -0.437 e. The summed E-state index contributed by atoms with van der Waals surface area (Å²) in [5.74, 6) is 0.522. The van der Waals surface area contributed by atoms with E-state index < -0.39 is 0 Å². The van der Waals surface area contributed by atoms with Crippen molar-refractivity contribution in [2.45, 2.75) is 38.5 Å². The highest BCUT2D eigenvalue weighted by atomic mass is 35.5. The van der Waals surface area contributed by atoms with Crippen LogP contribution in [0.15, 0.2) is 18.2 Å². The largest absolute Gasteiger partial charge is 0.437 e. The van der Waals surface area contributed by atoms with Gasteiger partial charge in [-0.3, -0.25) is 0 Å². The molecule has 3 nitrogen and oxygen atoms in total. The first kappa shape index (κ1) is 14.9. The number of hydrogen-bond acceptors (Lipinski definition) is 3. The molecule has 0 aromatic heterocycles. The third kappa shape index (κ3) is 3.51. The predicted molar refractivity (Wildman–Crippen MR) is 81.4 cm³/mol. The van der Waals surface area contributed by atoms with E-state index in [0.29, 0.717) is 5.92 Å². The van der Waals surface area contributed by atoms with Crippen LogP contribution in [-0.2, 0) is 0 Å². The van der Waals surface area contributed by atoms with E-state index >= 15 is 0 Å². The van der Waals surface area contributed by atoms with E-state index in [-0.39, 0.29) is 13.1 Å². The van der Waals surface area contributed by atoms with E-state index in [0.717, 1.165) is 36.5 Å². The van der Waals surface area contributed by atoms with Crippen molar-refractivity contribution in [2.24, 2.45) is 5.73 Å². The molecule has 2 rings (SSSR count). The molecule has 1 aliphatic rings. The summed E-state index contributed by atoms with van der Waals surface area (Å²) in [5.41, 5.74) is 8.54. The van der Waals surface area contributed by atoms with Gasteiger partial charge in [0.25, 0.3) is 0 Å². The van der Waals surface area contributed by atoms with Crippen LogP contribution in [0.4, 0.5) is 0 Å². The Morgan fingerprint density at radius 2 is 2.05 bits per heavy atom. The molecule has 0 radical (unpaired) electrons. The molecule has 1 heterocycles. The molecule has 0 amide bonds. The average molecular weight is 281 g/mol. The minimum absolute atomic E-state index is 0.00324. The molecule has 1 saturated heterocycles. The summed E-state index contributed by atoms with van der Waals surface area (Å²) < 4.78 is 0. The summed E-state index contributed by atoms with van der Waals surface area (Å²) in [6.07, 6.45) is 2.12. The van der Waals surface area contributed by atoms with Crippen molar-refractivity contribution < 1.29 is 5.02 Å². The molecule has 3 N–H and O–H groups in total. The summed E-state index contributed by atoms with van der Waals surface area (Å²) in [6, 6.07) is 6.05. The van der Waals surface area contributed by atoms with E-state index in [1.807, 2.05) is 25.9 Å². The molecule has 0 saturated carbocycles. The van der Waals surface area contributed by atoms with Crippen LogP contribution < -0.4 is 5.73 Å². The standard InChI is InChI=1S/C14H22BClN2O/c1-10(17)14-9-12(16)3-4-13(14)11-5-7-18(8-6-11)15(2)19/h3-4,9-11,19H,5-8,17H2,1-2H3. The van der Waals surface area contributed by atoms with Gasteiger partial charge in [0.1, 0.15) is 0 Å². The SMILES string of the molecule is CB(O)N1CCC(c2ccc(Cl)cc2C(C)N)CC1. The van der Waals surface area contributed by atoms with Crippen molar-refractivity contribution in [3.63, 3.8) is 0 Å². The maximum Gasteiger partial charge on any atom is 0.376 e. The van der Waals surface area contributed by atoms with E-state index in [1.165, 1.54) is 5.56 Å². The lowest BCUT2D eigenvalue weighted by Gasteiger charge is -2.34. The third-order valence-electron chi connectivity index (χ3n) is 4.04. The lowest BCUT2D eigenvalue weighted by Crippen LogP contribution is -2.42. The zero-order valence-electron chi connectivity index (χ0n) is 11.6. The normalized spacial score (nSPS) is 19.4. The van der Waals surface area contributed by atoms with E-state index in [1.54, 1.807) is 0 Å². The molecule has 5 heteroatoms. The molecular formula is C14H22BClN2O. The highest BCUT2D eigenvalue weighted by molar-refractivity contribution is 6.45. The first-order chi connectivity index (χ1) is 8.99. The smallest absolute Gasteiger partial charge is 0.376 e. The van der Waals surface area contributed by atoms with Crippen molar-refractivity contribution >= 4 is 18.7 Å². The molecule has 1 aromatic carbocycles. The van der Waals surface area contributed by atoms with E-state index in [9.17, 15) is 5.02 Å². The molecule has 1 unspecified atom stereocenters. The Morgan fingerprint density at radius 3 is 2.58 bits per heavy atom. The van der Waals surface area contributed by atoms with Crippen LogP contribution in [0.25, 0.3) is 0 Å². The summed E-state index contributed by atoms with van der Waals surface area (Å²) in [7, 11) is -0.348. The van der Waals surface area contributed by atoms with Gasteiger partial charge in [-0.1, -0.05) is 17.7 Å². The van der Waals surface area contributed by atoms with Gasteiger partial charge in [-0.05, 0) is 68.9 Å². The number of piperidine rings is 1. The lowest BCUT2D eigenvalue weighted by molar-refractivity contribution is 0.288. The Kier molecular flexibility index (Phi) is 4.90. The van der Waals surface area contributed by atoms with Gasteiger partial charge in [-0.15, -0.1) is 0 Å². The number of hydrogen-bond donors (Lipinski definition) is 2. The third-order valence-corrected chi connectivity index (χ3v) is 4.27. The fourth-order valence-corrected chi connectivity index (χ4v) is 3.08. The van der Waals surface area contributed by atoms with E-state index in [2.05, 4.69) is 10.9 Å². The Balaban J connectivity index is 2.15. The molecule has 1 atom stereocenters. The van der Waals surface area contributed by atoms with Gasteiger partial charge in [-0.25, -0.2) is 0 Å². The Hall–Kier alpha value is -0.545. The molecule has 19 heavy (non-hydrogen) atoms. The van der Waals surface area contributed by atoms with Crippen LogP contribution >= 0.6 is 11.6 Å². The highest BCUT2D eigenvalue weighted by Crippen LogP contribution is 2.33. The summed E-state index contributed by atoms with van der Waals surface area (Å²) in [5, 5.41) is 10.3. The summed E-state index contributed by atoms with van der Waals surface area (Å²) >= 11 is 6.07. The highest BCUT2D eigenvalue weighted by Gasteiger charge is 2.26. The number of halogens is 1. The maximum absolute atomic E-state index is 9.60. The molecular weight excluding hydrogens is 258 g/mol. The number of rotatable bonds is 3. The van der Waals surface area contributed by atoms with Crippen LogP contribution in [0.2, 0.25) is 11.8 Å². The van der Waals surface area contributed by atoms with Crippen molar-refractivity contribution in [3.8, 4) is 0 Å². The number of nitrogens with two attached hydrogens (primary N) is 1. The summed E-state index contributed by atoms with van der Waals surface area (Å²) in [4.78, 5) is 2.11. The predicted octanol–water partition coefficient (Wildman–Crippen LogP) is 2.65. The van der Waals surface area contributed by atoms with Crippen molar-refractivity contribution in [2.75, 3.05) is 13.1 Å². The van der Waals surface area contributed by atoms with Gasteiger partial charge in [0, 0.05) is 11.1 Å². The van der Waals surface area contributed by atoms with Crippen LogP contribution in [0, 0.1) is 0 Å². The van der Waals surface area contributed by atoms with Gasteiger partial charge in [-0.2, -0.15) is 0 Å². The lowest BCUT2D eigenvalue weighted by atomic mass is 9.78. The molecule has 1 fully saturated rings. The molecule has 104 valence electrons. The zero-order valence-corrected chi connectivity index (χ0v) is 12.4. The van der Waals surface area contributed by atoms with Crippen LogP contribution in [-0.4, -0.2) is 30.0 Å². The molecule has 0 bridgehead atoms. The molecule has 1 aromatic rings. The second kappa shape index (κ2) is 6.27. The maximum atomic E-state index is 9.60. The zero-order chi connectivity index (χ0) is 14.0. The Morgan fingerprint density at radius 1 is 1.42 bits per heavy atom. The van der Waals surface area contributed by atoms with Crippen LogP contribution in [0.5, 0.6) is 0 Å². The Labute approximate surface area is 120 Å². The molecule has 0 aliphatic carbocycles. The van der Waals surface area contributed by atoms with Gasteiger partial charge in [0.15, 0.2) is 0 Å². The first-order valence-electron chi connectivity index (χ1n) is 6.96. The van der Waals surface area contributed by atoms with Crippen LogP contribution in [0.1, 0.15) is 42.9 Å². The second-order valence-electron chi connectivity index (χ2n) is 5.50. The van der Waals surface area contributed by atoms with Crippen molar-refractivity contribution in [1.82, 2.24) is 4.81 Å². The Bertz CT molecular complexity index is 431. The molecule has 0 spiro atoms. The van der Waals surface area contributed by atoms with Crippen molar-refractivity contribution in [3.05, 3.63) is 34.3 Å². The summed E-state index contributed by atoms with van der Waals surface area (Å²) in [6.45, 7) is 5.70. The number of nitrogens with zero attached hydrogens (tertiary/aromatic N) is 1. The minimum atomic E-state index is -0.348.